The molecular formula is C4H12NOP. The van der Waals surface area contributed by atoms with Crippen LogP contribution in [-0.4, -0.2) is 18.1 Å². The molecule has 3 heteroatoms. The van der Waals surface area contributed by atoms with E-state index in [9.17, 15) is 0 Å². The van der Waals surface area contributed by atoms with Crippen LogP contribution >= 0.6 is 8.30 Å². The standard InChI is InChI=1S/C4H12NOP/c1-3-4-7(6)5-2/h5-6H,3-4H2,1-2H3. The van der Waals surface area contributed by atoms with Crippen LogP contribution in [-0.2, 0) is 0 Å². The molecule has 0 aromatic carbocycles. The summed E-state index contributed by atoms with van der Waals surface area (Å²) in [5, 5.41) is 2.79. The van der Waals surface area contributed by atoms with E-state index in [0.717, 1.165) is 12.6 Å². The van der Waals surface area contributed by atoms with Crippen molar-refractivity contribution in [2.24, 2.45) is 0 Å². The molecule has 1 atom stereocenters. The first-order chi connectivity index (χ1) is 3.31. The van der Waals surface area contributed by atoms with Crippen molar-refractivity contribution in [1.29, 1.82) is 0 Å². The van der Waals surface area contributed by atoms with E-state index in [1.165, 1.54) is 0 Å². The maximum atomic E-state index is 8.81. The molecule has 0 saturated heterocycles. The summed E-state index contributed by atoms with van der Waals surface area (Å²) >= 11 is 0. The summed E-state index contributed by atoms with van der Waals surface area (Å²) in [7, 11) is 0.951. The summed E-state index contributed by atoms with van der Waals surface area (Å²) in [5.74, 6) is 0. The van der Waals surface area contributed by atoms with Crippen LogP contribution in [0, 0.1) is 0 Å². The highest BCUT2D eigenvalue weighted by atomic mass is 31.2. The van der Waals surface area contributed by atoms with Crippen molar-refractivity contribution in [2.45, 2.75) is 13.3 Å². The monoisotopic (exact) mass is 121 g/mol. The van der Waals surface area contributed by atoms with Gasteiger partial charge < -0.3 is 4.89 Å². The molecule has 0 aliphatic carbocycles. The maximum Gasteiger partial charge on any atom is 0.0974 e. The van der Waals surface area contributed by atoms with E-state index in [2.05, 4.69) is 12.0 Å². The largest absolute Gasteiger partial charge is 0.359 e. The van der Waals surface area contributed by atoms with Crippen LogP contribution in [0.3, 0.4) is 0 Å². The van der Waals surface area contributed by atoms with E-state index < -0.39 is 8.30 Å². The maximum absolute atomic E-state index is 8.81. The molecule has 7 heavy (non-hydrogen) atoms. The van der Waals surface area contributed by atoms with Gasteiger partial charge in [0, 0.05) is 6.16 Å². The first-order valence-corrected chi connectivity index (χ1v) is 3.93. The van der Waals surface area contributed by atoms with Gasteiger partial charge in [-0.2, -0.15) is 0 Å². The molecule has 0 spiro atoms. The molecule has 0 aliphatic heterocycles. The van der Waals surface area contributed by atoms with Crippen molar-refractivity contribution in [3.05, 3.63) is 0 Å². The molecule has 0 aromatic rings. The van der Waals surface area contributed by atoms with Crippen LogP contribution in [0.15, 0.2) is 0 Å². The van der Waals surface area contributed by atoms with Crippen LogP contribution in [0.1, 0.15) is 13.3 Å². The van der Waals surface area contributed by atoms with Gasteiger partial charge in [0.1, 0.15) is 0 Å². The normalized spacial score (nSPS) is 14.1. The Hall–Kier alpha value is 0.350. The zero-order chi connectivity index (χ0) is 5.70. The summed E-state index contributed by atoms with van der Waals surface area (Å²) in [6.07, 6.45) is 1.97. The molecule has 0 saturated carbocycles. The topological polar surface area (TPSA) is 32.3 Å². The van der Waals surface area contributed by atoms with Crippen LogP contribution in [0.2, 0.25) is 0 Å². The molecule has 0 amide bonds. The summed E-state index contributed by atoms with van der Waals surface area (Å²) in [6, 6.07) is 0. The van der Waals surface area contributed by atoms with Gasteiger partial charge in [-0.05, 0) is 13.5 Å². The van der Waals surface area contributed by atoms with E-state index in [-0.39, 0.29) is 0 Å². The van der Waals surface area contributed by atoms with E-state index in [0.29, 0.717) is 0 Å². The second-order valence-electron chi connectivity index (χ2n) is 1.35. The highest BCUT2D eigenvalue weighted by Crippen LogP contribution is 2.22. The molecule has 0 aromatic heterocycles. The lowest BCUT2D eigenvalue weighted by Gasteiger charge is -2.03. The Balaban J connectivity index is 2.83. The average Bonchev–Trinajstić information content (AvgIpc) is 1.68. The third-order valence-electron chi connectivity index (χ3n) is 0.694. The first-order valence-electron chi connectivity index (χ1n) is 2.45. The molecule has 2 N–H and O–H groups in total. The summed E-state index contributed by atoms with van der Waals surface area (Å²) < 4.78 is 0. The summed E-state index contributed by atoms with van der Waals surface area (Å²) in [5.41, 5.74) is 0. The van der Waals surface area contributed by atoms with E-state index in [4.69, 9.17) is 4.89 Å². The summed E-state index contributed by atoms with van der Waals surface area (Å²) in [4.78, 5) is 8.81. The molecule has 0 fully saturated rings. The van der Waals surface area contributed by atoms with Gasteiger partial charge in [0.15, 0.2) is 0 Å². The second kappa shape index (κ2) is 4.51. The molecule has 0 aliphatic rings. The van der Waals surface area contributed by atoms with Gasteiger partial charge in [-0.25, -0.2) is 0 Å². The van der Waals surface area contributed by atoms with Crippen LogP contribution in [0.5, 0.6) is 0 Å². The van der Waals surface area contributed by atoms with Gasteiger partial charge in [0.25, 0.3) is 0 Å². The molecule has 1 unspecified atom stereocenters. The average molecular weight is 121 g/mol. The fourth-order valence-corrected chi connectivity index (χ4v) is 0.971. The SMILES string of the molecule is CCCP(O)NC. The third-order valence-corrected chi connectivity index (χ3v) is 2.08. The minimum Gasteiger partial charge on any atom is -0.359 e. The minimum atomic E-state index is -0.828. The van der Waals surface area contributed by atoms with Gasteiger partial charge in [-0.1, -0.05) is 6.92 Å². The van der Waals surface area contributed by atoms with Gasteiger partial charge in [0.05, 0.1) is 8.30 Å². The number of rotatable bonds is 3. The molecule has 0 rings (SSSR count). The van der Waals surface area contributed by atoms with Crippen LogP contribution in [0.25, 0.3) is 0 Å². The molecule has 0 heterocycles. The molecule has 44 valence electrons. The van der Waals surface area contributed by atoms with E-state index >= 15 is 0 Å². The van der Waals surface area contributed by atoms with Crippen LogP contribution in [0.4, 0.5) is 0 Å². The van der Waals surface area contributed by atoms with Crippen molar-refractivity contribution in [3.8, 4) is 0 Å². The fraction of sp³-hybridized carbons (Fsp3) is 1.00. The molecule has 2 nitrogen and oxygen atoms in total. The predicted octanol–water partition coefficient (Wildman–Crippen LogP) is 0.920. The zero-order valence-corrected chi connectivity index (χ0v) is 5.70. The second-order valence-corrected chi connectivity index (χ2v) is 3.04. The first kappa shape index (κ1) is 7.35. The Morgan fingerprint density at radius 3 is 2.43 bits per heavy atom. The Morgan fingerprint density at radius 1 is 1.71 bits per heavy atom. The van der Waals surface area contributed by atoms with Gasteiger partial charge in [-0.15, -0.1) is 0 Å². The Morgan fingerprint density at radius 2 is 2.29 bits per heavy atom. The smallest absolute Gasteiger partial charge is 0.0974 e. The van der Waals surface area contributed by atoms with Crippen LogP contribution < -0.4 is 5.09 Å². The molecular weight excluding hydrogens is 109 g/mol. The third kappa shape index (κ3) is 4.20. The van der Waals surface area contributed by atoms with Crippen molar-refractivity contribution in [2.75, 3.05) is 13.2 Å². The van der Waals surface area contributed by atoms with E-state index in [1.54, 1.807) is 7.05 Å². The highest BCUT2D eigenvalue weighted by molar-refractivity contribution is 7.49. The van der Waals surface area contributed by atoms with Gasteiger partial charge in [-0.3, -0.25) is 5.09 Å². The lowest BCUT2D eigenvalue weighted by atomic mass is 10.6. The number of hydrogen-bond donors (Lipinski definition) is 2. The zero-order valence-electron chi connectivity index (χ0n) is 4.81. The van der Waals surface area contributed by atoms with Crippen molar-refractivity contribution in [3.63, 3.8) is 0 Å². The fourth-order valence-electron chi connectivity index (χ4n) is 0.324. The quantitative estimate of drug-likeness (QED) is 0.544. The van der Waals surface area contributed by atoms with Gasteiger partial charge >= 0.3 is 0 Å². The van der Waals surface area contributed by atoms with Gasteiger partial charge in [0.2, 0.25) is 0 Å². The molecule has 0 bridgehead atoms. The number of nitrogens with one attached hydrogen (secondary N) is 1. The molecule has 0 radical (unpaired) electrons. The van der Waals surface area contributed by atoms with Crippen molar-refractivity contribution < 1.29 is 4.89 Å². The summed E-state index contributed by atoms with van der Waals surface area (Å²) in [6.45, 7) is 2.06. The Bertz CT molecular complexity index is 42.7. The Kier molecular flexibility index (Phi) is 4.73. The highest BCUT2D eigenvalue weighted by Gasteiger charge is 1.93. The van der Waals surface area contributed by atoms with Crippen molar-refractivity contribution in [1.82, 2.24) is 5.09 Å². The lowest BCUT2D eigenvalue weighted by molar-refractivity contribution is 0.611. The number of hydrogen-bond acceptors (Lipinski definition) is 2. The predicted molar refractivity (Wildman–Crippen MR) is 33.4 cm³/mol. The lowest BCUT2D eigenvalue weighted by Crippen LogP contribution is -1.98. The van der Waals surface area contributed by atoms with Crippen molar-refractivity contribution >= 4 is 8.30 Å². The Labute approximate surface area is 45.8 Å². The minimum absolute atomic E-state index is 0.828. The van der Waals surface area contributed by atoms with E-state index in [1.807, 2.05) is 0 Å².